The predicted octanol–water partition coefficient (Wildman–Crippen LogP) is 2.74. The van der Waals surface area contributed by atoms with E-state index in [0.717, 1.165) is 64.4 Å². The molecule has 1 heterocycles. The molecule has 24 heavy (non-hydrogen) atoms. The molecule has 1 aliphatic heterocycles. The van der Waals surface area contributed by atoms with E-state index in [-0.39, 0.29) is 5.75 Å². The fourth-order valence-corrected chi connectivity index (χ4v) is 2.70. The number of alkyl halides is 3. The summed E-state index contributed by atoms with van der Waals surface area (Å²) in [6, 6.07) is 5.03. The summed E-state index contributed by atoms with van der Waals surface area (Å²) in [5.41, 5.74) is -0.674. The van der Waals surface area contributed by atoms with Crippen molar-refractivity contribution in [2.45, 2.75) is 12.6 Å². The number of ether oxygens (including phenoxy) is 2. The second-order valence-electron chi connectivity index (χ2n) is 5.90. The number of methoxy groups -OCH3 is 1. The van der Waals surface area contributed by atoms with Crippen molar-refractivity contribution in [3.05, 3.63) is 29.8 Å². The molecule has 0 bridgehead atoms. The van der Waals surface area contributed by atoms with Gasteiger partial charge in [-0.25, -0.2) is 0 Å². The first-order chi connectivity index (χ1) is 11.5. The minimum atomic E-state index is -4.33. The summed E-state index contributed by atoms with van der Waals surface area (Å²) in [6.07, 6.45) is -3.53. The van der Waals surface area contributed by atoms with Crippen LogP contribution in [0.1, 0.15) is 12.0 Å². The molecular weight excluding hydrogens is 321 g/mol. The monoisotopic (exact) mass is 346 g/mol. The van der Waals surface area contributed by atoms with E-state index in [4.69, 9.17) is 9.47 Å². The molecule has 0 N–H and O–H groups in total. The van der Waals surface area contributed by atoms with Crippen LogP contribution in [0.2, 0.25) is 0 Å². The van der Waals surface area contributed by atoms with Crippen LogP contribution in [0, 0.1) is 0 Å². The van der Waals surface area contributed by atoms with Crippen molar-refractivity contribution in [2.24, 2.45) is 0 Å². The van der Waals surface area contributed by atoms with Crippen molar-refractivity contribution in [2.75, 3.05) is 59.6 Å². The van der Waals surface area contributed by atoms with Gasteiger partial charge in [0.1, 0.15) is 5.75 Å². The van der Waals surface area contributed by atoms with Crippen LogP contribution in [-0.4, -0.2) is 69.4 Å². The van der Waals surface area contributed by atoms with E-state index in [1.165, 1.54) is 6.07 Å². The lowest BCUT2D eigenvalue weighted by Crippen LogP contribution is -2.47. The van der Waals surface area contributed by atoms with Crippen molar-refractivity contribution in [3.8, 4) is 5.75 Å². The van der Waals surface area contributed by atoms with E-state index >= 15 is 0 Å². The highest BCUT2D eigenvalue weighted by molar-refractivity contribution is 5.30. The molecule has 1 aromatic carbocycles. The van der Waals surface area contributed by atoms with Crippen LogP contribution in [0.15, 0.2) is 24.3 Å². The number of benzene rings is 1. The number of hydrogen-bond acceptors (Lipinski definition) is 4. The normalized spacial score (nSPS) is 17.2. The SMILES string of the molecule is COCCN1CCN(CCCOc2cccc(C(F)(F)F)c2)CC1. The maximum absolute atomic E-state index is 12.6. The van der Waals surface area contributed by atoms with E-state index in [0.29, 0.717) is 6.61 Å². The second kappa shape index (κ2) is 9.25. The summed E-state index contributed by atoms with van der Waals surface area (Å²) in [5, 5.41) is 0. The van der Waals surface area contributed by atoms with Crippen molar-refractivity contribution >= 4 is 0 Å². The van der Waals surface area contributed by atoms with Crippen molar-refractivity contribution in [1.82, 2.24) is 9.80 Å². The molecule has 0 aliphatic carbocycles. The average molecular weight is 346 g/mol. The molecule has 0 radical (unpaired) electrons. The molecule has 136 valence electrons. The summed E-state index contributed by atoms with van der Waals surface area (Å²) in [4.78, 5) is 4.73. The lowest BCUT2D eigenvalue weighted by Gasteiger charge is -2.34. The molecule has 0 saturated carbocycles. The summed E-state index contributed by atoms with van der Waals surface area (Å²) < 4.78 is 48.4. The standard InChI is InChI=1S/C17H25F3N2O2/c1-23-13-11-22-9-7-21(8-10-22)6-3-12-24-16-5-2-4-15(14-16)17(18,19)20/h2,4-5,14H,3,6-13H2,1H3. The van der Waals surface area contributed by atoms with Crippen LogP contribution in [0.3, 0.4) is 0 Å². The third-order valence-corrected chi connectivity index (χ3v) is 4.13. The average Bonchev–Trinajstić information content (AvgIpc) is 2.57. The van der Waals surface area contributed by atoms with Gasteiger partial charge in [0.2, 0.25) is 0 Å². The Hall–Kier alpha value is -1.31. The fraction of sp³-hybridized carbons (Fsp3) is 0.647. The molecule has 0 aromatic heterocycles. The van der Waals surface area contributed by atoms with Crippen molar-refractivity contribution < 1.29 is 22.6 Å². The molecule has 0 spiro atoms. The van der Waals surface area contributed by atoms with Gasteiger partial charge in [0.15, 0.2) is 0 Å². The highest BCUT2D eigenvalue weighted by atomic mass is 19.4. The number of hydrogen-bond donors (Lipinski definition) is 0. The van der Waals surface area contributed by atoms with Gasteiger partial charge in [-0.3, -0.25) is 4.90 Å². The highest BCUT2D eigenvalue weighted by Gasteiger charge is 2.30. The van der Waals surface area contributed by atoms with Crippen LogP contribution >= 0.6 is 0 Å². The quantitative estimate of drug-likeness (QED) is 0.676. The van der Waals surface area contributed by atoms with Crippen LogP contribution in [-0.2, 0) is 10.9 Å². The largest absolute Gasteiger partial charge is 0.494 e. The zero-order chi connectivity index (χ0) is 17.4. The zero-order valence-corrected chi connectivity index (χ0v) is 14.0. The van der Waals surface area contributed by atoms with Crippen LogP contribution < -0.4 is 4.74 Å². The highest BCUT2D eigenvalue weighted by Crippen LogP contribution is 2.31. The first kappa shape index (κ1) is 19.0. The van der Waals surface area contributed by atoms with Gasteiger partial charge in [-0.15, -0.1) is 0 Å². The van der Waals surface area contributed by atoms with Crippen LogP contribution in [0.5, 0.6) is 5.75 Å². The maximum Gasteiger partial charge on any atom is 0.416 e. The van der Waals surface area contributed by atoms with Gasteiger partial charge in [0.05, 0.1) is 18.8 Å². The van der Waals surface area contributed by atoms with Crippen LogP contribution in [0.25, 0.3) is 0 Å². The Morgan fingerprint density at radius 3 is 2.29 bits per heavy atom. The van der Waals surface area contributed by atoms with E-state index in [1.54, 1.807) is 13.2 Å². The molecule has 7 heteroatoms. The van der Waals surface area contributed by atoms with Gasteiger partial charge in [0.25, 0.3) is 0 Å². The Morgan fingerprint density at radius 2 is 1.67 bits per heavy atom. The molecular formula is C17H25F3N2O2. The maximum atomic E-state index is 12.6. The van der Waals surface area contributed by atoms with E-state index in [2.05, 4.69) is 9.80 Å². The third-order valence-electron chi connectivity index (χ3n) is 4.13. The first-order valence-electron chi connectivity index (χ1n) is 8.23. The minimum Gasteiger partial charge on any atom is -0.494 e. The number of nitrogens with zero attached hydrogens (tertiary/aromatic N) is 2. The predicted molar refractivity (Wildman–Crippen MR) is 86.3 cm³/mol. The Balaban J connectivity index is 1.64. The molecule has 1 aromatic rings. The molecule has 0 unspecified atom stereocenters. The van der Waals surface area contributed by atoms with Crippen molar-refractivity contribution in [3.63, 3.8) is 0 Å². The summed E-state index contributed by atoms with van der Waals surface area (Å²) in [5.74, 6) is 0.272. The number of rotatable bonds is 8. The molecule has 1 saturated heterocycles. The topological polar surface area (TPSA) is 24.9 Å². The second-order valence-corrected chi connectivity index (χ2v) is 5.90. The molecule has 1 fully saturated rings. The fourth-order valence-electron chi connectivity index (χ4n) is 2.70. The van der Waals surface area contributed by atoms with E-state index < -0.39 is 11.7 Å². The third kappa shape index (κ3) is 6.30. The van der Waals surface area contributed by atoms with Gasteiger partial charge in [-0.1, -0.05) is 6.07 Å². The van der Waals surface area contributed by atoms with Gasteiger partial charge >= 0.3 is 6.18 Å². The smallest absolute Gasteiger partial charge is 0.416 e. The summed E-state index contributed by atoms with van der Waals surface area (Å²) in [6.45, 7) is 7.10. The lowest BCUT2D eigenvalue weighted by molar-refractivity contribution is -0.137. The summed E-state index contributed by atoms with van der Waals surface area (Å²) in [7, 11) is 1.71. The van der Waals surface area contributed by atoms with Gasteiger partial charge in [-0.2, -0.15) is 13.2 Å². The Bertz CT molecular complexity index is 489. The number of piperazine rings is 1. The summed E-state index contributed by atoms with van der Waals surface area (Å²) >= 11 is 0. The van der Waals surface area contributed by atoms with Crippen LogP contribution in [0.4, 0.5) is 13.2 Å². The van der Waals surface area contributed by atoms with Crippen molar-refractivity contribution in [1.29, 1.82) is 0 Å². The van der Waals surface area contributed by atoms with Gasteiger partial charge < -0.3 is 14.4 Å². The Labute approximate surface area is 141 Å². The zero-order valence-electron chi connectivity index (χ0n) is 14.0. The Morgan fingerprint density at radius 1 is 1.00 bits per heavy atom. The first-order valence-corrected chi connectivity index (χ1v) is 8.23. The molecule has 0 atom stereocenters. The molecule has 2 rings (SSSR count). The number of halogens is 3. The molecule has 0 amide bonds. The minimum absolute atomic E-state index is 0.272. The van der Waals surface area contributed by atoms with Gasteiger partial charge in [-0.05, 0) is 24.6 Å². The molecule has 4 nitrogen and oxygen atoms in total. The van der Waals surface area contributed by atoms with E-state index in [9.17, 15) is 13.2 Å². The van der Waals surface area contributed by atoms with E-state index in [1.807, 2.05) is 0 Å². The molecule has 1 aliphatic rings. The van der Waals surface area contributed by atoms with Gasteiger partial charge in [0, 0.05) is 46.4 Å². The lowest BCUT2D eigenvalue weighted by atomic mass is 10.2. The Kier molecular flexibility index (Phi) is 7.33.